The van der Waals surface area contributed by atoms with Crippen molar-refractivity contribution in [3.8, 4) is 0 Å². The van der Waals surface area contributed by atoms with Crippen molar-refractivity contribution in [1.82, 2.24) is 4.31 Å². The average molecular weight is 231 g/mol. The van der Waals surface area contributed by atoms with Gasteiger partial charge in [0.2, 0.25) is 10.0 Å². The average Bonchev–Trinajstić information content (AvgIpc) is 2.80. The Hall–Kier alpha value is -0.620. The van der Waals surface area contributed by atoms with Crippen LogP contribution in [0.3, 0.4) is 0 Å². The second-order valence-corrected chi connectivity index (χ2v) is 6.41. The highest BCUT2D eigenvalue weighted by Crippen LogP contribution is 2.32. The normalized spacial score (nSPS) is 28.1. The highest BCUT2D eigenvalue weighted by Gasteiger charge is 2.39. The summed E-state index contributed by atoms with van der Waals surface area (Å²) in [6, 6.07) is -0.381. The minimum Gasteiger partial charge on any atom is -0.386 e. The molecule has 2 aliphatic rings. The van der Waals surface area contributed by atoms with Gasteiger partial charge in [-0.1, -0.05) is 0 Å². The first-order valence-electron chi connectivity index (χ1n) is 5.34. The van der Waals surface area contributed by atoms with E-state index in [1.165, 1.54) is 4.31 Å². The molecule has 0 aromatic carbocycles. The SMILES string of the molecule is N=C(N)C1CCCN1S(=O)(=O)CC1CC1. The number of rotatable bonds is 4. The van der Waals surface area contributed by atoms with Crippen molar-refractivity contribution in [2.75, 3.05) is 12.3 Å². The van der Waals surface area contributed by atoms with Crippen LogP contribution in [0.2, 0.25) is 0 Å². The Bertz CT molecular complexity index is 362. The smallest absolute Gasteiger partial charge is 0.215 e. The van der Waals surface area contributed by atoms with Crippen LogP contribution in [-0.2, 0) is 10.0 Å². The number of sulfonamides is 1. The molecule has 0 aromatic heterocycles. The summed E-state index contributed by atoms with van der Waals surface area (Å²) in [7, 11) is -3.18. The maximum absolute atomic E-state index is 12.0. The highest BCUT2D eigenvalue weighted by molar-refractivity contribution is 7.89. The summed E-state index contributed by atoms with van der Waals surface area (Å²) in [6.07, 6.45) is 3.56. The molecule has 1 atom stereocenters. The minimum absolute atomic E-state index is 0.0214. The Morgan fingerprint density at radius 2 is 2.07 bits per heavy atom. The second kappa shape index (κ2) is 3.75. The van der Waals surface area contributed by atoms with Gasteiger partial charge in [0.1, 0.15) is 5.84 Å². The Balaban J connectivity index is 2.10. The molecule has 5 nitrogen and oxygen atoms in total. The summed E-state index contributed by atoms with van der Waals surface area (Å²) in [6.45, 7) is 0.527. The third-order valence-corrected chi connectivity index (χ3v) is 5.11. The first-order valence-corrected chi connectivity index (χ1v) is 6.95. The third-order valence-electron chi connectivity index (χ3n) is 3.06. The van der Waals surface area contributed by atoms with Gasteiger partial charge in [-0.15, -0.1) is 0 Å². The third kappa shape index (κ3) is 2.31. The molecule has 1 unspecified atom stereocenters. The van der Waals surface area contributed by atoms with Crippen LogP contribution in [0.25, 0.3) is 0 Å². The summed E-state index contributed by atoms with van der Waals surface area (Å²) in [5, 5.41) is 7.37. The van der Waals surface area contributed by atoms with Crippen LogP contribution in [0.5, 0.6) is 0 Å². The molecule has 2 rings (SSSR count). The van der Waals surface area contributed by atoms with Crippen molar-refractivity contribution < 1.29 is 8.42 Å². The lowest BCUT2D eigenvalue weighted by atomic mass is 10.2. The summed E-state index contributed by atoms with van der Waals surface area (Å²) in [4.78, 5) is 0. The lowest BCUT2D eigenvalue weighted by Gasteiger charge is -2.22. The minimum atomic E-state index is -3.18. The summed E-state index contributed by atoms with van der Waals surface area (Å²) in [5.41, 5.74) is 5.41. The Kier molecular flexibility index (Phi) is 2.72. The van der Waals surface area contributed by atoms with E-state index in [0.29, 0.717) is 18.9 Å². The van der Waals surface area contributed by atoms with E-state index in [4.69, 9.17) is 11.1 Å². The van der Waals surface area contributed by atoms with Crippen molar-refractivity contribution in [2.45, 2.75) is 31.7 Å². The molecule has 0 spiro atoms. The van der Waals surface area contributed by atoms with E-state index in [0.717, 1.165) is 19.3 Å². The number of nitrogens with one attached hydrogen (secondary N) is 1. The molecule has 0 amide bonds. The predicted octanol–water partition coefficient (Wildman–Crippen LogP) is 0.127. The van der Waals surface area contributed by atoms with E-state index in [2.05, 4.69) is 0 Å². The van der Waals surface area contributed by atoms with Gasteiger partial charge in [-0.2, -0.15) is 4.31 Å². The van der Waals surface area contributed by atoms with Gasteiger partial charge in [0, 0.05) is 6.54 Å². The molecule has 6 heteroatoms. The standard InChI is InChI=1S/C9H17N3O2S/c10-9(11)8-2-1-5-12(8)15(13,14)6-7-3-4-7/h7-8H,1-6H2,(H3,10,11). The zero-order valence-electron chi connectivity index (χ0n) is 8.65. The number of nitrogens with zero attached hydrogens (tertiary/aromatic N) is 1. The van der Waals surface area contributed by atoms with Gasteiger partial charge in [0.05, 0.1) is 11.8 Å². The molecule has 1 saturated carbocycles. The summed E-state index contributed by atoms with van der Waals surface area (Å²) < 4.78 is 25.4. The topological polar surface area (TPSA) is 87.2 Å². The fourth-order valence-corrected chi connectivity index (χ4v) is 4.20. The first kappa shape index (κ1) is 10.9. The highest BCUT2D eigenvalue weighted by atomic mass is 32.2. The molecule has 1 saturated heterocycles. The zero-order valence-corrected chi connectivity index (χ0v) is 9.46. The molecule has 1 aliphatic heterocycles. The quantitative estimate of drug-likeness (QED) is 0.532. The molecule has 3 N–H and O–H groups in total. The number of hydrogen-bond donors (Lipinski definition) is 2. The Labute approximate surface area is 90.2 Å². The molecule has 0 radical (unpaired) electrons. The molecule has 15 heavy (non-hydrogen) atoms. The van der Waals surface area contributed by atoms with Crippen molar-refractivity contribution in [3.05, 3.63) is 0 Å². The Morgan fingerprint density at radius 3 is 2.60 bits per heavy atom. The van der Waals surface area contributed by atoms with Crippen LogP contribution in [0.15, 0.2) is 0 Å². The fraction of sp³-hybridized carbons (Fsp3) is 0.889. The van der Waals surface area contributed by atoms with Crippen LogP contribution in [0.4, 0.5) is 0 Å². The molecular formula is C9H17N3O2S. The van der Waals surface area contributed by atoms with E-state index >= 15 is 0 Å². The molecule has 2 fully saturated rings. The zero-order chi connectivity index (χ0) is 11.1. The van der Waals surface area contributed by atoms with E-state index in [9.17, 15) is 8.42 Å². The number of amidine groups is 1. The number of hydrogen-bond acceptors (Lipinski definition) is 3. The van der Waals surface area contributed by atoms with Crippen LogP contribution in [0.1, 0.15) is 25.7 Å². The van der Waals surface area contributed by atoms with Gasteiger partial charge < -0.3 is 5.73 Å². The van der Waals surface area contributed by atoms with Crippen molar-refractivity contribution in [3.63, 3.8) is 0 Å². The van der Waals surface area contributed by atoms with Gasteiger partial charge in [-0.3, -0.25) is 5.41 Å². The fourth-order valence-electron chi connectivity index (χ4n) is 2.06. The first-order chi connectivity index (χ1) is 7.00. The van der Waals surface area contributed by atoms with Gasteiger partial charge >= 0.3 is 0 Å². The van der Waals surface area contributed by atoms with E-state index in [-0.39, 0.29) is 17.6 Å². The molecular weight excluding hydrogens is 214 g/mol. The van der Waals surface area contributed by atoms with Gasteiger partial charge in [0.25, 0.3) is 0 Å². The van der Waals surface area contributed by atoms with E-state index < -0.39 is 10.0 Å². The molecule has 0 aromatic rings. The van der Waals surface area contributed by atoms with Crippen molar-refractivity contribution >= 4 is 15.9 Å². The monoisotopic (exact) mass is 231 g/mol. The van der Waals surface area contributed by atoms with E-state index in [1.807, 2.05) is 0 Å². The van der Waals surface area contributed by atoms with Crippen LogP contribution >= 0.6 is 0 Å². The molecule has 1 heterocycles. The lowest BCUT2D eigenvalue weighted by molar-refractivity contribution is 0.441. The number of nitrogens with two attached hydrogens (primary N) is 1. The Morgan fingerprint density at radius 1 is 1.40 bits per heavy atom. The molecule has 86 valence electrons. The van der Waals surface area contributed by atoms with Crippen LogP contribution in [0, 0.1) is 11.3 Å². The van der Waals surface area contributed by atoms with Crippen molar-refractivity contribution in [1.29, 1.82) is 5.41 Å². The second-order valence-electron chi connectivity index (χ2n) is 4.45. The van der Waals surface area contributed by atoms with Gasteiger partial charge in [0.15, 0.2) is 0 Å². The van der Waals surface area contributed by atoms with Gasteiger partial charge in [-0.05, 0) is 31.6 Å². The maximum Gasteiger partial charge on any atom is 0.215 e. The lowest BCUT2D eigenvalue weighted by Crippen LogP contribution is -2.44. The van der Waals surface area contributed by atoms with Crippen LogP contribution < -0.4 is 5.73 Å². The summed E-state index contributed by atoms with van der Waals surface area (Å²) >= 11 is 0. The molecule has 0 bridgehead atoms. The molecule has 1 aliphatic carbocycles. The van der Waals surface area contributed by atoms with Crippen molar-refractivity contribution in [2.24, 2.45) is 11.7 Å². The predicted molar refractivity (Wildman–Crippen MR) is 58.2 cm³/mol. The largest absolute Gasteiger partial charge is 0.386 e. The van der Waals surface area contributed by atoms with E-state index in [1.54, 1.807) is 0 Å². The summed E-state index contributed by atoms with van der Waals surface area (Å²) in [5.74, 6) is 0.576. The van der Waals surface area contributed by atoms with Gasteiger partial charge in [-0.25, -0.2) is 8.42 Å². The van der Waals surface area contributed by atoms with Crippen LogP contribution in [-0.4, -0.2) is 36.9 Å². The maximum atomic E-state index is 12.0.